The predicted molar refractivity (Wildman–Crippen MR) is 72.3 cm³/mol. The Kier molecular flexibility index (Phi) is 4.84. The largest absolute Gasteiger partial charge is 0.418 e. The number of nitrogens with one attached hydrogen (secondary N) is 1. The molecule has 0 saturated carbocycles. The van der Waals surface area contributed by atoms with Gasteiger partial charge in [-0.05, 0) is 25.1 Å². The molecule has 0 radical (unpaired) electrons. The second kappa shape index (κ2) is 6.04. The van der Waals surface area contributed by atoms with Gasteiger partial charge in [-0.1, -0.05) is 5.16 Å². The van der Waals surface area contributed by atoms with Crippen molar-refractivity contribution in [3.63, 3.8) is 0 Å². The molecule has 0 spiro atoms. The maximum absolute atomic E-state index is 12.7. The summed E-state index contributed by atoms with van der Waals surface area (Å²) >= 11 is 0. The maximum Gasteiger partial charge on any atom is 0.418 e. The Morgan fingerprint density at radius 3 is 2.57 bits per heavy atom. The minimum atomic E-state index is -4.59. The first-order valence-electron chi connectivity index (χ1n) is 5.48. The molecule has 0 saturated heterocycles. The molecule has 1 heterocycles. The van der Waals surface area contributed by atoms with Gasteiger partial charge in [-0.15, -0.1) is 12.4 Å². The van der Waals surface area contributed by atoms with Crippen LogP contribution < -0.4 is 11.1 Å². The SMILES string of the molecule is Cc1oncc1C(=O)Nc1ccc(N)c(C(F)(F)F)c1.Cl. The number of nitrogens with two attached hydrogens (primary N) is 1. The third-order valence-electron chi connectivity index (χ3n) is 2.61. The number of hydrogen-bond donors (Lipinski definition) is 2. The fraction of sp³-hybridized carbons (Fsp3) is 0.167. The Morgan fingerprint density at radius 1 is 1.38 bits per heavy atom. The van der Waals surface area contributed by atoms with Crippen LogP contribution in [0.4, 0.5) is 24.5 Å². The van der Waals surface area contributed by atoms with E-state index in [9.17, 15) is 18.0 Å². The summed E-state index contributed by atoms with van der Waals surface area (Å²) in [5.41, 5.74) is 3.99. The molecule has 0 bridgehead atoms. The van der Waals surface area contributed by atoms with Crippen molar-refractivity contribution in [2.24, 2.45) is 0 Å². The minimum absolute atomic E-state index is 0. The number of halogens is 4. The summed E-state index contributed by atoms with van der Waals surface area (Å²) in [6.07, 6.45) is -3.40. The number of hydrogen-bond acceptors (Lipinski definition) is 4. The van der Waals surface area contributed by atoms with Crippen molar-refractivity contribution in [2.45, 2.75) is 13.1 Å². The van der Waals surface area contributed by atoms with Gasteiger partial charge in [0.05, 0.1) is 11.8 Å². The molecule has 0 aliphatic rings. The fourth-order valence-corrected chi connectivity index (χ4v) is 1.59. The van der Waals surface area contributed by atoms with Crippen molar-refractivity contribution in [3.8, 4) is 0 Å². The lowest BCUT2D eigenvalue weighted by Gasteiger charge is -2.12. The van der Waals surface area contributed by atoms with Crippen LogP contribution in [0.2, 0.25) is 0 Å². The molecule has 21 heavy (non-hydrogen) atoms. The molecule has 0 fully saturated rings. The van der Waals surface area contributed by atoms with Gasteiger partial charge in [0.2, 0.25) is 0 Å². The van der Waals surface area contributed by atoms with Gasteiger partial charge in [0.1, 0.15) is 11.3 Å². The lowest BCUT2D eigenvalue weighted by molar-refractivity contribution is -0.136. The van der Waals surface area contributed by atoms with Crippen LogP contribution in [-0.4, -0.2) is 11.1 Å². The lowest BCUT2D eigenvalue weighted by atomic mass is 10.1. The summed E-state index contributed by atoms with van der Waals surface area (Å²) in [4.78, 5) is 11.8. The van der Waals surface area contributed by atoms with E-state index in [0.717, 1.165) is 12.1 Å². The molecule has 2 aromatic rings. The third kappa shape index (κ3) is 3.66. The van der Waals surface area contributed by atoms with Crippen LogP contribution >= 0.6 is 12.4 Å². The first-order chi connectivity index (χ1) is 9.29. The highest BCUT2D eigenvalue weighted by Gasteiger charge is 2.33. The average Bonchev–Trinajstić information content (AvgIpc) is 2.76. The van der Waals surface area contributed by atoms with Crippen molar-refractivity contribution in [2.75, 3.05) is 11.1 Å². The van der Waals surface area contributed by atoms with Crippen LogP contribution in [-0.2, 0) is 6.18 Å². The monoisotopic (exact) mass is 321 g/mol. The smallest absolute Gasteiger partial charge is 0.398 e. The van der Waals surface area contributed by atoms with E-state index in [1.807, 2.05) is 0 Å². The molecule has 0 aliphatic heterocycles. The van der Waals surface area contributed by atoms with E-state index in [4.69, 9.17) is 10.3 Å². The number of amides is 1. The van der Waals surface area contributed by atoms with Gasteiger partial charge in [0.15, 0.2) is 0 Å². The predicted octanol–water partition coefficient (Wildman–Crippen LogP) is 3.26. The Morgan fingerprint density at radius 2 is 2.05 bits per heavy atom. The van der Waals surface area contributed by atoms with E-state index in [1.165, 1.54) is 19.2 Å². The molecule has 0 aliphatic carbocycles. The van der Waals surface area contributed by atoms with Crippen LogP contribution in [0.25, 0.3) is 0 Å². The first kappa shape index (κ1) is 16.8. The van der Waals surface area contributed by atoms with Gasteiger partial charge in [0.25, 0.3) is 5.91 Å². The average molecular weight is 322 g/mol. The van der Waals surface area contributed by atoms with Crippen molar-refractivity contribution in [3.05, 3.63) is 41.3 Å². The Labute approximate surface area is 123 Å². The van der Waals surface area contributed by atoms with Gasteiger partial charge in [-0.2, -0.15) is 13.2 Å². The van der Waals surface area contributed by atoms with Crippen LogP contribution in [0.5, 0.6) is 0 Å². The molecule has 9 heteroatoms. The van der Waals surface area contributed by atoms with Crippen LogP contribution in [0.1, 0.15) is 21.7 Å². The molecule has 0 atom stereocenters. The molecule has 3 N–H and O–H groups in total. The number of alkyl halides is 3. The Bertz CT molecular complexity index is 655. The van der Waals surface area contributed by atoms with Gasteiger partial charge in [0, 0.05) is 11.4 Å². The van der Waals surface area contributed by atoms with E-state index in [0.29, 0.717) is 0 Å². The Hall–Kier alpha value is -2.22. The van der Waals surface area contributed by atoms with Gasteiger partial charge < -0.3 is 15.6 Å². The van der Waals surface area contributed by atoms with E-state index in [2.05, 4.69) is 10.5 Å². The highest BCUT2D eigenvalue weighted by molar-refractivity contribution is 6.04. The normalized spacial score (nSPS) is 10.9. The number of carbonyl (C=O) groups excluding carboxylic acids is 1. The number of anilines is 2. The lowest BCUT2D eigenvalue weighted by Crippen LogP contribution is -2.14. The summed E-state index contributed by atoms with van der Waals surface area (Å²) < 4.78 is 42.8. The number of benzene rings is 1. The standard InChI is InChI=1S/C12H10F3N3O2.ClH/c1-6-8(5-17-20-6)11(19)18-7-2-3-10(16)9(4-7)12(13,14)15;/h2-5H,16H2,1H3,(H,18,19);1H. The van der Waals surface area contributed by atoms with Gasteiger partial charge in [-0.3, -0.25) is 4.79 Å². The number of rotatable bonds is 2. The molecule has 5 nitrogen and oxygen atoms in total. The molecular weight excluding hydrogens is 311 g/mol. The zero-order valence-electron chi connectivity index (χ0n) is 10.7. The van der Waals surface area contributed by atoms with Crippen LogP contribution in [0.3, 0.4) is 0 Å². The third-order valence-corrected chi connectivity index (χ3v) is 2.61. The second-order valence-corrected chi connectivity index (χ2v) is 4.05. The van der Waals surface area contributed by atoms with Crippen LogP contribution in [0, 0.1) is 6.92 Å². The molecule has 0 unspecified atom stereocenters. The van der Waals surface area contributed by atoms with E-state index < -0.39 is 23.3 Å². The number of aromatic nitrogens is 1. The quantitative estimate of drug-likeness (QED) is 0.832. The summed E-state index contributed by atoms with van der Waals surface area (Å²) in [5.74, 6) is -0.337. The number of nitrogen functional groups attached to an aromatic ring is 1. The summed E-state index contributed by atoms with van der Waals surface area (Å²) in [6, 6.07) is 3.14. The topological polar surface area (TPSA) is 81.2 Å². The summed E-state index contributed by atoms with van der Waals surface area (Å²) in [6.45, 7) is 1.52. The highest BCUT2D eigenvalue weighted by atomic mass is 35.5. The van der Waals surface area contributed by atoms with Crippen molar-refractivity contribution < 1.29 is 22.5 Å². The van der Waals surface area contributed by atoms with Gasteiger partial charge >= 0.3 is 6.18 Å². The van der Waals surface area contributed by atoms with Crippen molar-refractivity contribution in [1.29, 1.82) is 0 Å². The van der Waals surface area contributed by atoms with E-state index >= 15 is 0 Å². The molecular formula is C12H11ClF3N3O2. The van der Waals surface area contributed by atoms with Crippen molar-refractivity contribution in [1.82, 2.24) is 5.16 Å². The summed E-state index contributed by atoms with van der Waals surface area (Å²) in [5, 5.41) is 5.75. The number of carbonyl (C=O) groups is 1. The van der Waals surface area contributed by atoms with E-state index in [1.54, 1.807) is 0 Å². The first-order valence-corrected chi connectivity index (χ1v) is 5.48. The van der Waals surface area contributed by atoms with Gasteiger partial charge in [-0.25, -0.2) is 0 Å². The molecule has 2 rings (SSSR count). The number of aryl methyl sites for hydroxylation is 1. The zero-order chi connectivity index (χ0) is 14.9. The second-order valence-electron chi connectivity index (χ2n) is 4.05. The summed E-state index contributed by atoms with van der Waals surface area (Å²) in [7, 11) is 0. The maximum atomic E-state index is 12.7. The zero-order valence-corrected chi connectivity index (χ0v) is 11.5. The molecule has 1 aromatic carbocycles. The van der Waals surface area contributed by atoms with Crippen molar-refractivity contribution >= 4 is 29.7 Å². The molecule has 114 valence electrons. The van der Waals surface area contributed by atoms with E-state index in [-0.39, 0.29) is 29.4 Å². The van der Waals surface area contributed by atoms with Crippen LogP contribution in [0.15, 0.2) is 28.9 Å². The number of nitrogens with zero attached hydrogens (tertiary/aromatic N) is 1. The Balaban J connectivity index is 0.00000220. The fourth-order valence-electron chi connectivity index (χ4n) is 1.59. The minimum Gasteiger partial charge on any atom is -0.398 e. The molecule has 1 aromatic heterocycles. The highest BCUT2D eigenvalue weighted by Crippen LogP contribution is 2.35. The molecule has 1 amide bonds.